The van der Waals surface area contributed by atoms with Crippen LogP contribution in [0.1, 0.15) is 55.9 Å². The third-order valence-electron chi connectivity index (χ3n) is 6.59. The second-order valence-electron chi connectivity index (χ2n) is 10.1. The van der Waals surface area contributed by atoms with E-state index in [0.717, 1.165) is 16.9 Å². The maximum absolute atomic E-state index is 13.3. The van der Waals surface area contributed by atoms with Gasteiger partial charge in [-0.1, -0.05) is 57.2 Å². The second kappa shape index (κ2) is 10.9. The van der Waals surface area contributed by atoms with Gasteiger partial charge in [-0.05, 0) is 46.7 Å². The Bertz CT molecular complexity index is 1170. The fourth-order valence-corrected chi connectivity index (χ4v) is 4.48. The molecular weight excluding hydrogens is 452 g/mol. The van der Waals surface area contributed by atoms with Crippen molar-refractivity contribution >= 4 is 11.8 Å². The third kappa shape index (κ3) is 5.90. The zero-order valence-corrected chi connectivity index (χ0v) is 21.5. The van der Waals surface area contributed by atoms with E-state index in [-0.39, 0.29) is 30.2 Å². The standard InChI is InChI=1S/C29H34N4O3/c1-29(2,3)23-10-8-22(9-11-23)28-32(19-16-21-6-12-24(36-4)13-7-21)27(35)20-33(28)26(34)15-14-25-30-17-5-18-31-25/h5-13,17-18,28H,14-16,19-20H2,1-4H3. The summed E-state index contributed by atoms with van der Waals surface area (Å²) in [5.74, 6) is 1.30. The number of carbonyl (C=O) groups excluding carboxylic acids is 2. The van der Waals surface area contributed by atoms with Crippen LogP contribution in [0.5, 0.6) is 5.75 Å². The van der Waals surface area contributed by atoms with Gasteiger partial charge >= 0.3 is 0 Å². The van der Waals surface area contributed by atoms with Gasteiger partial charge < -0.3 is 14.5 Å². The summed E-state index contributed by atoms with van der Waals surface area (Å²) in [5, 5.41) is 0. The molecule has 2 aromatic carbocycles. The Hall–Kier alpha value is -3.74. The zero-order valence-electron chi connectivity index (χ0n) is 21.5. The smallest absolute Gasteiger partial charge is 0.244 e. The van der Waals surface area contributed by atoms with E-state index in [4.69, 9.17) is 4.74 Å². The van der Waals surface area contributed by atoms with Crippen LogP contribution >= 0.6 is 0 Å². The zero-order chi connectivity index (χ0) is 25.7. The Balaban J connectivity index is 1.56. The number of methoxy groups -OCH3 is 1. The summed E-state index contributed by atoms with van der Waals surface area (Å²) >= 11 is 0. The highest BCUT2D eigenvalue weighted by Gasteiger charge is 2.41. The van der Waals surface area contributed by atoms with Gasteiger partial charge in [0.2, 0.25) is 11.8 Å². The van der Waals surface area contributed by atoms with Crippen LogP contribution in [0.4, 0.5) is 0 Å². The molecular formula is C29H34N4O3. The Morgan fingerprint density at radius 1 is 1.00 bits per heavy atom. The average molecular weight is 487 g/mol. The first kappa shape index (κ1) is 25.4. The van der Waals surface area contributed by atoms with Gasteiger partial charge in [-0.25, -0.2) is 9.97 Å². The Morgan fingerprint density at radius 2 is 1.67 bits per heavy atom. The van der Waals surface area contributed by atoms with Crippen molar-refractivity contribution in [2.45, 2.75) is 51.6 Å². The fourth-order valence-electron chi connectivity index (χ4n) is 4.48. The molecule has 1 fully saturated rings. The van der Waals surface area contributed by atoms with Gasteiger partial charge in [-0.3, -0.25) is 9.59 Å². The summed E-state index contributed by atoms with van der Waals surface area (Å²) in [5.41, 5.74) is 3.27. The lowest BCUT2D eigenvalue weighted by Crippen LogP contribution is -2.36. The first-order valence-corrected chi connectivity index (χ1v) is 12.3. The molecule has 1 aromatic heterocycles. The van der Waals surface area contributed by atoms with E-state index in [1.165, 1.54) is 5.56 Å². The van der Waals surface area contributed by atoms with Crippen molar-refractivity contribution in [3.63, 3.8) is 0 Å². The molecule has 4 rings (SSSR count). The summed E-state index contributed by atoms with van der Waals surface area (Å²) in [4.78, 5) is 38.5. The fraction of sp³-hybridized carbons (Fsp3) is 0.379. The molecule has 2 heterocycles. The van der Waals surface area contributed by atoms with Gasteiger partial charge in [0.05, 0.1) is 7.11 Å². The first-order valence-electron chi connectivity index (χ1n) is 12.3. The van der Waals surface area contributed by atoms with E-state index in [0.29, 0.717) is 25.2 Å². The molecule has 7 heteroatoms. The average Bonchev–Trinajstić information content (AvgIpc) is 3.22. The number of aromatic nitrogens is 2. The number of carbonyl (C=O) groups is 2. The molecule has 1 aliphatic heterocycles. The van der Waals surface area contributed by atoms with E-state index >= 15 is 0 Å². The number of rotatable bonds is 8. The summed E-state index contributed by atoms with van der Waals surface area (Å²) < 4.78 is 5.25. The molecule has 7 nitrogen and oxygen atoms in total. The lowest BCUT2D eigenvalue weighted by atomic mass is 9.86. The molecule has 2 amide bonds. The van der Waals surface area contributed by atoms with Crippen LogP contribution < -0.4 is 4.74 Å². The van der Waals surface area contributed by atoms with Crippen LogP contribution in [-0.2, 0) is 27.8 Å². The van der Waals surface area contributed by atoms with Crippen molar-refractivity contribution in [2.24, 2.45) is 0 Å². The molecule has 1 saturated heterocycles. The molecule has 0 saturated carbocycles. The normalized spacial score (nSPS) is 15.9. The van der Waals surface area contributed by atoms with Crippen molar-refractivity contribution in [2.75, 3.05) is 20.2 Å². The van der Waals surface area contributed by atoms with Gasteiger partial charge in [0.25, 0.3) is 0 Å². The second-order valence-corrected chi connectivity index (χ2v) is 10.1. The summed E-state index contributed by atoms with van der Waals surface area (Å²) in [6.07, 6.45) is 4.28. The molecule has 0 radical (unpaired) electrons. The van der Waals surface area contributed by atoms with Crippen molar-refractivity contribution < 1.29 is 14.3 Å². The van der Waals surface area contributed by atoms with Crippen molar-refractivity contribution in [3.8, 4) is 5.75 Å². The van der Waals surface area contributed by atoms with Crippen molar-refractivity contribution in [1.29, 1.82) is 0 Å². The lowest BCUT2D eigenvalue weighted by molar-refractivity contribution is -0.133. The van der Waals surface area contributed by atoms with E-state index in [1.54, 1.807) is 30.5 Å². The Kier molecular flexibility index (Phi) is 7.67. The Morgan fingerprint density at radius 3 is 2.28 bits per heavy atom. The molecule has 0 aliphatic carbocycles. The summed E-state index contributed by atoms with van der Waals surface area (Å²) in [7, 11) is 1.64. The lowest BCUT2D eigenvalue weighted by Gasteiger charge is -2.31. The molecule has 0 spiro atoms. The first-order chi connectivity index (χ1) is 17.3. The highest BCUT2D eigenvalue weighted by molar-refractivity contribution is 5.89. The Labute approximate surface area is 213 Å². The number of hydrogen-bond acceptors (Lipinski definition) is 5. The van der Waals surface area contributed by atoms with Crippen LogP contribution in [0, 0.1) is 0 Å². The largest absolute Gasteiger partial charge is 0.497 e. The molecule has 1 unspecified atom stereocenters. The maximum Gasteiger partial charge on any atom is 0.244 e. The maximum atomic E-state index is 13.3. The number of benzene rings is 2. The number of amides is 2. The van der Waals surface area contributed by atoms with Crippen LogP contribution in [0.3, 0.4) is 0 Å². The van der Waals surface area contributed by atoms with Crippen molar-refractivity contribution in [1.82, 2.24) is 19.8 Å². The van der Waals surface area contributed by atoms with Crippen LogP contribution in [0.25, 0.3) is 0 Å². The molecule has 1 aliphatic rings. The van der Waals surface area contributed by atoms with E-state index < -0.39 is 6.17 Å². The number of hydrogen-bond donors (Lipinski definition) is 0. The van der Waals surface area contributed by atoms with Gasteiger partial charge in [-0.2, -0.15) is 0 Å². The molecule has 0 N–H and O–H groups in total. The van der Waals surface area contributed by atoms with Gasteiger partial charge in [0.1, 0.15) is 24.3 Å². The minimum atomic E-state index is -0.436. The topological polar surface area (TPSA) is 75.6 Å². The van der Waals surface area contributed by atoms with E-state index in [9.17, 15) is 9.59 Å². The van der Waals surface area contributed by atoms with Gasteiger partial charge in [0, 0.05) is 31.8 Å². The summed E-state index contributed by atoms with van der Waals surface area (Å²) in [6.45, 7) is 7.10. The molecule has 1 atom stereocenters. The molecule has 36 heavy (non-hydrogen) atoms. The predicted octanol–water partition coefficient (Wildman–Crippen LogP) is 4.33. The SMILES string of the molecule is COc1ccc(CCN2C(=O)CN(C(=O)CCc3ncccn3)C2c2ccc(C(C)(C)C)cc2)cc1. The van der Waals surface area contributed by atoms with Crippen LogP contribution in [-0.4, -0.2) is 51.8 Å². The molecule has 0 bridgehead atoms. The monoisotopic (exact) mass is 486 g/mol. The summed E-state index contributed by atoms with van der Waals surface area (Å²) in [6, 6.07) is 17.9. The van der Waals surface area contributed by atoms with Crippen LogP contribution in [0.2, 0.25) is 0 Å². The predicted molar refractivity (Wildman–Crippen MR) is 138 cm³/mol. The van der Waals surface area contributed by atoms with E-state index in [1.807, 2.05) is 41.3 Å². The quantitative estimate of drug-likeness (QED) is 0.474. The highest BCUT2D eigenvalue weighted by atomic mass is 16.5. The molecule has 188 valence electrons. The minimum absolute atomic E-state index is 0.0171. The van der Waals surface area contributed by atoms with E-state index in [2.05, 4.69) is 42.9 Å². The minimum Gasteiger partial charge on any atom is -0.497 e. The molecule has 3 aromatic rings. The van der Waals surface area contributed by atoms with Crippen molar-refractivity contribution in [3.05, 3.63) is 89.5 Å². The van der Waals surface area contributed by atoms with Gasteiger partial charge in [-0.15, -0.1) is 0 Å². The number of aryl methyl sites for hydroxylation is 1. The van der Waals surface area contributed by atoms with Crippen LogP contribution in [0.15, 0.2) is 67.0 Å². The number of ether oxygens (including phenoxy) is 1. The highest BCUT2D eigenvalue weighted by Crippen LogP contribution is 2.33. The van der Waals surface area contributed by atoms with Gasteiger partial charge in [0.15, 0.2) is 0 Å². The third-order valence-corrected chi connectivity index (χ3v) is 6.59. The number of nitrogens with zero attached hydrogens (tertiary/aromatic N) is 4.